The van der Waals surface area contributed by atoms with Crippen molar-refractivity contribution in [2.75, 3.05) is 32.7 Å². The summed E-state index contributed by atoms with van der Waals surface area (Å²) in [6.07, 6.45) is 7.25. The fourth-order valence-corrected chi connectivity index (χ4v) is 4.67. The zero-order chi connectivity index (χ0) is 31.4. The summed E-state index contributed by atoms with van der Waals surface area (Å²) in [6, 6.07) is 5.88. The van der Waals surface area contributed by atoms with Gasteiger partial charge in [-0.25, -0.2) is 4.98 Å². The Hall–Kier alpha value is -2.21. The number of carbonyl (C=O) groups is 2. The number of Topliss-reactive ketones (excluding diaryl/α,β-unsaturated/α-hetero) is 1. The van der Waals surface area contributed by atoms with E-state index in [1.165, 1.54) is 38.9 Å². The third kappa shape index (κ3) is 15.6. The molecule has 41 heavy (non-hydrogen) atoms. The number of benzene rings is 1. The Kier molecular flexibility index (Phi) is 21.2. The molecule has 0 radical (unpaired) electrons. The summed E-state index contributed by atoms with van der Waals surface area (Å²) in [5, 5.41) is 0. The minimum atomic E-state index is 0.0983. The highest BCUT2D eigenvalue weighted by Crippen LogP contribution is 2.21. The minimum absolute atomic E-state index is 0.0983. The number of aromatic nitrogens is 2. The molecule has 0 saturated carbocycles. The highest BCUT2D eigenvalue weighted by atomic mass is 16.2. The van der Waals surface area contributed by atoms with Gasteiger partial charge >= 0.3 is 0 Å². The molecule has 0 spiro atoms. The number of ketones is 1. The van der Waals surface area contributed by atoms with E-state index in [2.05, 4.69) is 78.7 Å². The van der Waals surface area contributed by atoms with Gasteiger partial charge in [0.15, 0.2) is 0 Å². The Labute approximate surface area is 253 Å². The predicted octanol–water partition coefficient (Wildman–Crippen LogP) is 8.66. The molecule has 0 unspecified atom stereocenters. The molecule has 6 nitrogen and oxygen atoms in total. The summed E-state index contributed by atoms with van der Waals surface area (Å²) in [5.41, 5.74) is 2.69. The second kappa shape index (κ2) is 22.4. The van der Waals surface area contributed by atoms with Crippen molar-refractivity contribution >= 4 is 22.7 Å². The zero-order valence-electron chi connectivity index (χ0n) is 28.7. The number of aryl methyl sites for hydroxylation is 2. The molecule has 1 aromatic carbocycles. The molecule has 0 fully saturated rings. The number of imidazole rings is 1. The number of hydrogen-bond acceptors (Lipinski definition) is 4. The van der Waals surface area contributed by atoms with E-state index >= 15 is 0 Å². The highest BCUT2D eigenvalue weighted by Gasteiger charge is 2.20. The molecule has 236 valence electrons. The Bertz CT molecular complexity index is 964. The van der Waals surface area contributed by atoms with Gasteiger partial charge in [-0.2, -0.15) is 0 Å². The number of amides is 1. The van der Waals surface area contributed by atoms with E-state index < -0.39 is 0 Å². The van der Waals surface area contributed by atoms with E-state index in [9.17, 15) is 9.59 Å². The van der Waals surface area contributed by atoms with Crippen molar-refractivity contribution in [3.8, 4) is 0 Å². The van der Waals surface area contributed by atoms with Crippen molar-refractivity contribution in [1.82, 2.24) is 19.4 Å². The molecule has 0 N–H and O–H groups in total. The molecular formula is C35H64N4O2. The van der Waals surface area contributed by atoms with Gasteiger partial charge in [-0.3, -0.25) is 4.79 Å². The van der Waals surface area contributed by atoms with Gasteiger partial charge in [-0.15, -0.1) is 0 Å². The van der Waals surface area contributed by atoms with E-state index in [0.29, 0.717) is 18.3 Å². The fourth-order valence-electron chi connectivity index (χ4n) is 4.67. The SMILES string of the molecule is CCCC.CCCN(CC)CC.CCn1c(CCCCC(C)=O)nc2ccc(C(=O)N(CC(C)C)CC(C)C)cc21. The van der Waals surface area contributed by atoms with Crippen LogP contribution in [0, 0.1) is 11.8 Å². The third-order valence-corrected chi connectivity index (χ3v) is 6.96. The van der Waals surface area contributed by atoms with E-state index in [1.807, 2.05) is 23.1 Å². The number of nitrogens with zero attached hydrogens (tertiary/aromatic N) is 4. The fraction of sp³-hybridized carbons (Fsp3) is 0.743. The van der Waals surface area contributed by atoms with Gasteiger partial charge < -0.3 is 19.2 Å². The van der Waals surface area contributed by atoms with Crippen LogP contribution in [0.25, 0.3) is 11.0 Å². The molecule has 2 aromatic rings. The van der Waals surface area contributed by atoms with E-state index in [4.69, 9.17) is 4.98 Å². The quantitative estimate of drug-likeness (QED) is 0.189. The van der Waals surface area contributed by atoms with Crippen molar-refractivity contribution in [3.05, 3.63) is 29.6 Å². The van der Waals surface area contributed by atoms with Gasteiger partial charge in [0.1, 0.15) is 11.6 Å². The molecular weight excluding hydrogens is 508 g/mol. The van der Waals surface area contributed by atoms with Gasteiger partial charge in [-0.1, -0.05) is 75.2 Å². The average molecular weight is 573 g/mol. The zero-order valence-corrected chi connectivity index (χ0v) is 28.7. The van der Waals surface area contributed by atoms with Crippen LogP contribution in [-0.4, -0.2) is 63.8 Å². The van der Waals surface area contributed by atoms with Crippen LogP contribution in [0.15, 0.2) is 18.2 Å². The maximum Gasteiger partial charge on any atom is 0.253 e. The number of carbonyl (C=O) groups excluding carboxylic acids is 2. The lowest BCUT2D eigenvalue weighted by atomic mass is 10.1. The van der Waals surface area contributed by atoms with Crippen molar-refractivity contribution < 1.29 is 9.59 Å². The van der Waals surface area contributed by atoms with Crippen LogP contribution in [-0.2, 0) is 17.8 Å². The van der Waals surface area contributed by atoms with Gasteiger partial charge in [0, 0.05) is 38.0 Å². The number of rotatable bonds is 16. The molecule has 6 heteroatoms. The first kappa shape index (κ1) is 38.8. The summed E-state index contributed by atoms with van der Waals surface area (Å²) in [5.74, 6) is 2.25. The van der Waals surface area contributed by atoms with E-state index in [1.54, 1.807) is 6.92 Å². The Morgan fingerprint density at radius 2 is 1.44 bits per heavy atom. The van der Waals surface area contributed by atoms with E-state index in [0.717, 1.165) is 61.3 Å². The molecule has 0 aliphatic rings. The lowest BCUT2D eigenvalue weighted by Crippen LogP contribution is -2.37. The lowest BCUT2D eigenvalue weighted by Gasteiger charge is -2.26. The monoisotopic (exact) mass is 573 g/mol. The van der Waals surface area contributed by atoms with Gasteiger partial charge in [-0.05, 0) is 82.8 Å². The molecule has 1 heterocycles. The van der Waals surface area contributed by atoms with Crippen molar-refractivity contribution in [2.24, 2.45) is 11.8 Å². The van der Waals surface area contributed by atoms with Crippen LogP contribution < -0.4 is 0 Å². The van der Waals surface area contributed by atoms with Crippen molar-refractivity contribution in [3.63, 3.8) is 0 Å². The smallest absolute Gasteiger partial charge is 0.253 e. The molecule has 0 bridgehead atoms. The maximum absolute atomic E-state index is 13.2. The first-order valence-corrected chi connectivity index (χ1v) is 16.5. The molecule has 2 rings (SSSR count). The van der Waals surface area contributed by atoms with Gasteiger partial charge in [0.25, 0.3) is 5.91 Å². The van der Waals surface area contributed by atoms with Crippen molar-refractivity contribution in [2.45, 2.75) is 128 Å². The van der Waals surface area contributed by atoms with Gasteiger partial charge in [0.05, 0.1) is 11.0 Å². The van der Waals surface area contributed by atoms with E-state index in [-0.39, 0.29) is 11.7 Å². The summed E-state index contributed by atoms with van der Waals surface area (Å²) >= 11 is 0. The second-order valence-corrected chi connectivity index (χ2v) is 11.9. The normalized spacial score (nSPS) is 11.0. The number of unbranched alkanes of at least 4 members (excludes halogenated alkanes) is 2. The van der Waals surface area contributed by atoms with Crippen LogP contribution in [0.5, 0.6) is 0 Å². The van der Waals surface area contributed by atoms with Gasteiger partial charge in [0.2, 0.25) is 0 Å². The highest BCUT2D eigenvalue weighted by molar-refractivity contribution is 5.97. The summed E-state index contributed by atoms with van der Waals surface area (Å²) in [6.45, 7) is 29.3. The Balaban J connectivity index is 0.00000112. The maximum atomic E-state index is 13.2. The Morgan fingerprint density at radius 1 is 0.854 bits per heavy atom. The lowest BCUT2D eigenvalue weighted by molar-refractivity contribution is -0.117. The first-order valence-electron chi connectivity index (χ1n) is 16.5. The third-order valence-electron chi connectivity index (χ3n) is 6.96. The van der Waals surface area contributed by atoms with Crippen LogP contribution in [0.3, 0.4) is 0 Å². The number of hydrogen-bond donors (Lipinski definition) is 0. The summed E-state index contributed by atoms with van der Waals surface area (Å²) in [7, 11) is 0. The largest absolute Gasteiger partial charge is 0.338 e. The van der Waals surface area contributed by atoms with Crippen LogP contribution >= 0.6 is 0 Å². The predicted molar refractivity (Wildman–Crippen MR) is 178 cm³/mol. The minimum Gasteiger partial charge on any atom is -0.338 e. The van der Waals surface area contributed by atoms with Crippen LogP contribution in [0.1, 0.15) is 131 Å². The molecule has 1 aromatic heterocycles. The topological polar surface area (TPSA) is 58.4 Å². The number of fused-ring (bicyclic) bond motifs is 1. The molecule has 0 atom stereocenters. The Morgan fingerprint density at radius 3 is 1.85 bits per heavy atom. The standard InChI is InChI=1S/C24H37N3O2.C7H17N.C4H10/c1-7-27-22-14-20(24(29)26(15-17(2)3)16-18(4)5)12-13-21(22)25-23(27)11-9-8-10-19(6)28;1-4-7-8(5-2)6-3;1-3-4-2/h12-14,17-18H,7-11,15-16H2,1-6H3;4-7H2,1-3H3;3-4H2,1-2H3. The van der Waals surface area contributed by atoms with Crippen molar-refractivity contribution in [1.29, 1.82) is 0 Å². The molecule has 0 aliphatic heterocycles. The van der Waals surface area contributed by atoms with Crippen LogP contribution in [0.2, 0.25) is 0 Å². The average Bonchev–Trinajstić information content (AvgIpc) is 3.29. The molecule has 0 aliphatic carbocycles. The second-order valence-electron chi connectivity index (χ2n) is 11.9. The summed E-state index contributed by atoms with van der Waals surface area (Å²) < 4.78 is 2.20. The molecule has 0 saturated heterocycles. The first-order chi connectivity index (χ1) is 19.5. The molecule has 1 amide bonds. The van der Waals surface area contributed by atoms with Crippen LogP contribution in [0.4, 0.5) is 0 Å². The summed E-state index contributed by atoms with van der Waals surface area (Å²) in [4.78, 5) is 33.6.